The molecule has 0 radical (unpaired) electrons. The zero-order valence-corrected chi connectivity index (χ0v) is 23.0. The number of nitrogens with one attached hydrogen (secondary N) is 1. The summed E-state index contributed by atoms with van der Waals surface area (Å²) in [6.45, 7) is 7.58. The van der Waals surface area contributed by atoms with Gasteiger partial charge in [0.25, 0.3) is 11.5 Å². The van der Waals surface area contributed by atoms with Gasteiger partial charge in [-0.15, -0.1) is 0 Å². The van der Waals surface area contributed by atoms with Crippen LogP contribution in [0.2, 0.25) is 5.02 Å². The van der Waals surface area contributed by atoms with Gasteiger partial charge in [0.2, 0.25) is 0 Å². The third-order valence-electron chi connectivity index (χ3n) is 7.57. The highest BCUT2D eigenvalue weighted by Crippen LogP contribution is 2.37. The second-order valence-electron chi connectivity index (χ2n) is 10.5. The van der Waals surface area contributed by atoms with Crippen molar-refractivity contribution in [2.75, 3.05) is 31.6 Å². The summed E-state index contributed by atoms with van der Waals surface area (Å²) >= 11 is 7.85. The van der Waals surface area contributed by atoms with Crippen LogP contribution in [0.25, 0.3) is 0 Å². The number of anilines is 1. The number of piperidine rings is 1. The maximum Gasteiger partial charge on any atom is 0.291 e. The Morgan fingerprint density at radius 2 is 1.92 bits per heavy atom. The summed E-state index contributed by atoms with van der Waals surface area (Å²) in [7, 11) is 1.55. The van der Waals surface area contributed by atoms with Gasteiger partial charge in [-0.05, 0) is 50.3 Å². The summed E-state index contributed by atoms with van der Waals surface area (Å²) in [5.41, 5.74) is 5.05. The SMILES string of the molecule is CN1C(=O)C(C(=O)Cc2cccc(Sc3cnc(N4CCC(C)(CN)CC4)c(=O)[nH]3)c2Cl)=C(O)C1(C)C. The highest BCUT2D eigenvalue weighted by molar-refractivity contribution is 7.99. The number of rotatable bonds is 7. The van der Waals surface area contributed by atoms with E-state index in [9.17, 15) is 19.5 Å². The fourth-order valence-corrected chi connectivity index (χ4v) is 5.67. The average molecular weight is 546 g/mol. The van der Waals surface area contributed by atoms with E-state index in [1.165, 1.54) is 16.7 Å². The molecule has 0 atom stereocenters. The molecule has 1 amide bonds. The maximum absolute atomic E-state index is 13.0. The number of aliphatic hydroxyl groups is 1. The molecule has 1 saturated heterocycles. The molecule has 37 heavy (non-hydrogen) atoms. The van der Waals surface area contributed by atoms with Crippen LogP contribution in [0.5, 0.6) is 0 Å². The molecule has 0 saturated carbocycles. The number of halogens is 1. The van der Waals surface area contributed by atoms with Crippen LogP contribution in [0.3, 0.4) is 0 Å². The molecule has 0 spiro atoms. The Morgan fingerprint density at radius 1 is 1.24 bits per heavy atom. The number of nitrogens with zero attached hydrogens (tertiary/aromatic N) is 3. The van der Waals surface area contributed by atoms with Crippen LogP contribution in [-0.2, 0) is 16.0 Å². The van der Waals surface area contributed by atoms with Crippen molar-refractivity contribution in [1.29, 1.82) is 0 Å². The zero-order valence-electron chi connectivity index (χ0n) is 21.4. The lowest BCUT2D eigenvalue weighted by atomic mass is 9.80. The van der Waals surface area contributed by atoms with Crippen molar-refractivity contribution in [2.45, 2.75) is 55.5 Å². The molecule has 9 nitrogen and oxygen atoms in total. The van der Waals surface area contributed by atoms with Gasteiger partial charge in [0, 0.05) is 31.5 Å². The number of Topliss-reactive ketones (excluding diaryl/α,β-unsaturated/α-hetero) is 1. The number of H-pyrrole nitrogens is 1. The highest BCUT2D eigenvalue weighted by Gasteiger charge is 2.45. The number of aliphatic hydroxyl groups excluding tert-OH is 1. The summed E-state index contributed by atoms with van der Waals surface area (Å²) in [6, 6.07) is 5.23. The van der Waals surface area contributed by atoms with E-state index in [2.05, 4.69) is 16.9 Å². The van der Waals surface area contributed by atoms with E-state index in [4.69, 9.17) is 17.3 Å². The third-order valence-corrected chi connectivity index (χ3v) is 9.12. The Morgan fingerprint density at radius 3 is 2.49 bits per heavy atom. The summed E-state index contributed by atoms with van der Waals surface area (Å²) < 4.78 is 0. The van der Waals surface area contributed by atoms with E-state index >= 15 is 0 Å². The molecule has 2 aromatic rings. The molecule has 0 bridgehead atoms. The molecule has 4 rings (SSSR count). The van der Waals surface area contributed by atoms with Gasteiger partial charge in [0.05, 0.1) is 21.8 Å². The summed E-state index contributed by atoms with van der Waals surface area (Å²) in [5, 5.41) is 11.4. The molecule has 2 aliphatic heterocycles. The molecule has 1 aromatic carbocycles. The Kier molecular flexibility index (Phi) is 7.47. The number of carbonyl (C=O) groups excluding carboxylic acids is 2. The van der Waals surface area contributed by atoms with Crippen LogP contribution in [0.4, 0.5) is 5.82 Å². The van der Waals surface area contributed by atoms with Crippen LogP contribution in [0.1, 0.15) is 39.2 Å². The number of ketones is 1. The van der Waals surface area contributed by atoms with Crippen molar-refractivity contribution in [1.82, 2.24) is 14.9 Å². The number of carbonyl (C=O) groups is 2. The van der Waals surface area contributed by atoms with Crippen molar-refractivity contribution in [3.8, 4) is 0 Å². The maximum atomic E-state index is 13.0. The number of benzene rings is 1. The van der Waals surface area contributed by atoms with E-state index in [0.717, 1.165) is 25.9 Å². The standard InChI is InChI=1S/C26H32ClN5O4S/c1-25(2)21(34)19(24(36)31(25)4)16(33)12-15-6-5-7-17(20(15)27)37-18-13-29-22(23(35)30-18)32-10-8-26(3,14-28)9-11-32/h5-7,13,34H,8-12,14,28H2,1-4H3,(H,30,35). The summed E-state index contributed by atoms with van der Waals surface area (Å²) in [5.74, 6) is -0.872. The van der Waals surface area contributed by atoms with Crippen LogP contribution in [-0.4, -0.2) is 63.9 Å². The van der Waals surface area contributed by atoms with Crippen molar-refractivity contribution in [2.24, 2.45) is 11.1 Å². The fourth-order valence-electron chi connectivity index (χ4n) is 4.51. The first-order valence-electron chi connectivity index (χ1n) is 12.1. The normalized spacial score (nSPS) is 19.0. The fraction of sp³-hybridized carbons (Fsp3) is 0.462. The highest BCUT2D eigenvalue weighted by atomic mass is 35.5. The second-order valence-corrected chi connectivity index (χ2v) is 11.9. The van der Waals surface area contributed by atoms with Gasteiger partial charge in [-0.1, -0.05) is 42.4 Å². The monoisotopic (exact) mass is 545 g/mol. The lowest BCUT2D eigenvalue weighted by molar-refractivity contribution is -0.129. The van der Waals surface area contributed by atoms with E-state index < -0.39 is 17.2 Å². The first kappa shape index (κ1) is 27.2. The number of nitrogens with two attached hydrogens (primary N) is 1. The zero-order chi connectivity index (χ0) is 27.1. The van der Waals surface area contributed by atoms with Crippen molar-refractivity contribution in [3.63, 3.8) is 0 Å². The van der Waals surface area contributed by atoms with Crippen LogP contribution in [0.15, 0.2) is 50.4 Å². The van der Waals surface area contributed by atoms with Gasteiger partial charge < -0.3 is 25.6 Å². The predicted molar refractivity (Wildman–Crippen MR) is 144 cm³/mol. The summed E-state index contributed by atoms with van der Waals surface area (Å²) in [4.78, 5) is 49.6. The molecule has 0 unspecified atom stereocenters. The van der Waals surface area contributed by atoms with Crippen LogP contribution >= 0.6 is 23.4 Å². The Hall–Kier alpha value is -2.82. The van der Waals surface area contributed by atoms with Gasteiger partial charge >= 0.3 is 0 Å². The van der Waals surface area contributed by atoms with E-state index in [0.29, 0.717) is 32.9 Å². The first-order valence-corrected chi connectivity index (χ1v) is 13.3. The van der Waals surface area contributed by atoms with E-state index in [1.807, 2.05) is 4.90 Å². The van der Waals surface area contributed by atoms with Crippen molar-refractivity contribution < 1.29 is 14.7 Å². The molecule has 2 aliphatic rings. The number of likely N-dealkylation sites (N-methyl/N-ethyl adjacent to an activating group) is 1. The number of aromatic amines is 1. The van der Waals surface area contributed by atoms with Gasteiger partial charge in [-0.25, -0.2) is 4.98 Å². The van der Waals surface area contributed by atoms with Crippen molar-refractivity contribution >= 4 is 40.9 Å². The molecule has 1 aromatic heterocycles. The molecule has 198 valence electrons. The van der Waals surface area contributed by atoms with Gasteiger partial charge in [-0.3, -0.25) is 14.4 Å². The molecular weight excluding hydrogens is 514 g/mol. The number of aromatic nitrogens is 2. The van der Waals surface area contributed by atoms with Gasteiger partial charge in [0.1, 0.15) is 11.3 Å². The third kappa shape index (κ3) is 5.15. The second kappa shape index (κ2) is 10.2. The van der Waals surface area contributed by atoms with Crippen molar-refractivity contribution in [3.05, 3.63) is 56.7 Å². The molecule has 4 N–H and O–H groups in total. The van der Waals surface area contributed by atoms with E-state index in [-0.39, 0.29) is 28.7 Å². The van der Waals surface area contributed by atoms with Crippen LogP contribution < -0.4 is 16.2 Å². The number of amides is 1. The average Bonchev–Trinajstić information content (AvgIpc) is 3.01. The first-order chi connectivity index (χ1) is 17.4. The van der Waals surface area contributed by atoms with Gasteiger partial charge in [0.15, 0.2) is 11.6 Å². The smallest absolute Gasteiger partial charge is 0.291 e. The minimum absolute atomic E-state index is 0.0919. The number of hydrogen-bond donors (Lipinski definition) is 3. The Bertz CT molecular complexity index is 1330. The Balaban J connectivity index is 1.50. The van der Waals surface area contributed by atoms with Crippen LogP contribution in [0, 0.1) is 5.41 Å². The lowest BCUT2D eigenvalue weighted by Gasteiger charge is -2.38. The summed E-state index contributed by atoms with van der Waals surface area (Å²) in [6.07, 6.45) is 3.25. The molecule has 0 aliphatic carbocycles. The lowest BCUT2D eigenvalue weighted by Crippen LogP contribution is -2.44. The topological polar surface area (TPSA) is 133 Å². The molecule has 1 fully saturated rings. The largest absolute Gasteiger partial charge is 0.509 e. The predicted octanol–water partition coefficient (Wildman–Crippen LogP) is 3.31. The number of hydrogen-bond acceptors (Lipinski definition) is 8. The van der Waals surface area contributed by atoms with Gasteiger partial charge in [-0.2, -0.15) is 0 Å². The minimum Gasteiger partial charge on any atom is -0.509 e. The quantitative estimate of drug-likeness (QED) is 0.451. The molecular formula is C26H32ClN5O4S. The minimum atomic E-state index is -0.952. The Labute approximate surface area is 225 Å². The van der Waals surface area contributed by atoms with E-state index in [1.54, 1.807) is 45.3 Å². The molecule has 3 heterocycles. The molecule has 11 heteroatoms.